The van der Waals surface area contributed by atoms with E-state index >= 15 is 0 Å². The highest BCUT2D eigenvalue weighted by molar-refractivity contribution is 5.91. The first-order valence-corrected chi connectivity index (χ1v) is 9.10. The number of ether oxygens (including phenoxy) is 1. The maximum atomic E-state index is 12.7. The van der Waals surface area contributed by atoms with Gasteiger partial charge in [-0.25, -0.2) is 4.79 Å². The molecule has 2 heterocycles. The van der Waals surface area contributed by atoms with E-state index < -0.39 is 5.60 Å². The van der Waals surface area contributed by atoms with Gasteiger partial charge in [-0.05, 0) is 57.7 Å². The molecule has 0 saturated carbocycles. The molecule has 0 aliphatic carbocycles. The van der Waals surface area contributed by atoms with Crippen LogP contribution >= 0.6 is 0 Å². The maximum Gasteiger partial charge on any atom is 0.410 e. The van der Waals surface area contributed by atoms with E-state index in [2.05, 4.69) is 0 Å². The van der Waals surface area contributed by atoms with Crippen LogP contribution in [0.3, 0.4) is 0 Å². The molecular formula is C20H27N3O3. The Kier molecular flexibility index (Phi) is 4.94. The van der Waals surface area contributed by atoms with Gasteiger partial charge in [0.15, 0.2) is 0 Å². The Hall–Kier alpha value is -2.50. The van der Waals surface area contributed by atoms with Gasteiger partial charge >= 0.3 is 6.09 Å². The zero-order valence-electron chi connectivity index (χ0n) is 15.7. The lowest BCUT2D eigenvalue weighted by molar-refractivity contribution is 0.0178. The highest BCUT2D eigenvalue weighted by atomic mass is 16.6. The largest absolute Gasteiger partial charge is 0.444 e. The van der Waals surface area contributed by atoms with Crippen molar-refractivity contribution in [3.63, 3.8) is 0 Å². The molecule has 1 aromatic heterocycles. The van der Waals surface area contributed by atoms with Crippen molar-refractivity contribution >= 4 is 22.6 Å². The summed E-state index contributed by atoms with van der Waals surface area (Å²) < 4.78 is 7.19. The van der Waals surface area contributed by atoms with Crippen LogP contribution in [0.15, 0.2) is 35.3 Å². The lowest BCUT2D eigenvalue weighted by Gasteiger charge is -2.33. The number of piperidine rings is 1. The minimum absolute atomic E-state index is 0.00984. The summed E-state index contributed by atoms with van der Waals surface area (Å²) in [6, 6.07) is 7.33. The van der Waals surface area contributed by atoms with Gasteiger partial charge in [0, 0.05) is 42.3 Å². The second kappa shape index (κ2) is 7.02. The fraction of sp³-hybridized carbons (Fsp3) is 0.500. The third kappa shape index (κ3) is 4.00. The number of carbonyl (C=O) groups excluding carboxylic acids is 1. The van der Waals surface area contributed by atoms with Crippen molar-refractivity contribution in [2.24, 2.45) is 5.92 Å². The zero-order chi connectivity index (χ0) is 18.9. The molecule has 140 valence electrons. The third-order valence-corrected chi connectivity index (χ3v) is 4.77. The molecule has 1 saturated heterocycles. The van der Waals surface area contributed by atoms with Crippen LogP contribution in [0.25, 0.3) is 10.8 Å². The summed E-state index contributed by atoms with van der Waals surface area (Å²) in [5.74, 6) is 0.366. The number of rotatable bonds is 2. The number of hydrogen-bond acceptors (Lipinski definition) is 4. The summed E-state index contributed by atoms with van der Waals surface area (Å²) in [6.07, 6.45) is 3.29. The van der Waals surface area contributed by atoms with Crippen LogP contribution in [-0.2, 0) is 11.3 Å². The van der Waals surface area contributed by atoms with Crippen molar-refractivity contribution in [2.75, 3.05) is 18.8 Å². The van der Waals surface area contributed by atoms with Gasteiger partial charge in [-0.3, -0.25) is 4.79 Å². The Morgan fingerprint density at radius 1 is 1.19 bits per heavy atom. The second-order valence-electron chi connectivity index (χ2n) is 7.99. The van der Waals surface area contributed by atoms with E-state index in [0.717, 1.165) is 18.2 Å². The Bertz CT molecular complexity index is 859. The van der Waals surface area contributed by atoms with Crippen LogP contribution in [0.1, 0.15) is 33.6 Å². The van der Waals surface area contributed by atoms with Gasteiger partial charge < -0.3 is 19.9 Å². The summed E-state index contributed by atoms with van der Waals surface area (Å²) in [5.41, 5.74) is 6.08. The van der Waals surface area contributed by atoms with Crippen molar-refractivity contribution < 1.29 is 9.53 Å². The van der Waals surface area contributed by atoms with Gasteiger partial charge in [0.05, 0.1) is 0 Å². The molecule has 1 aromatic carbocycles. The SMILES string of the molecule is CC(C)(C)OC(=O)N1CCC(Cn2ccc3c(N)cccc3c2=O)CC1. The normalized spacial score (nSPS) is 16.0. The highest BCUT2D eigenvalue weighted by Gasteiger charge is 2.27. The van der Waals surface area contributed by atoms with Crippen molar-refractivity contribution in [1.29, 1.82) is 0 Å². The van der Waals surface area contributed by atoms with Gasteiger partial charge in [0.2, 0.25) is 0 Å². The number of amides is 1. The Balaban J connectivity index is 1.65. The van der Waals surface area contributed by atoms with Crippen molar-refractivity contribution in [3.8, 4) is 0 Å². The van der Waals surface area contributed by atoms with Gasteiger partial charge in [-0.15, -0.1) is 0 Å². The standard InChI is InChI=1S/C20H27N3O3/c1-20(2,3)26-19(25)22-10-7-14(8-11-22)13-23-12-9-15-16(18(23)24)5-4-6-17(15)21/h4-6,9,12,14H,7-8,10-11,13,21H2,1-3H3. The van der Waals surface area contributed by atoms with Crippen molar-refractivity contribution in [2.45, 2.75) is 45.8 Å². The summed E-state index contributed by atoms with van der Waals surface area (Å²) in [4.78, 5) is 26.6. The number of fused-ring (bicyclic) bond motifs is 1. The van der Waals surface area contributed by atoms with Crippen LogP contribution in [0, 0.1) is 5.92 Å². The molecule has 2 aromatic rings. The Morgan fingerprint density at radius 2 is 1.88 bits per heavy atom. The summed E-state index contributed by atoms with van der Waals surface area (Å²) in [5, 5.41) is 1.45. The number of nitrogen functional groups attached to an aromatic ring is 1. The average molecular weight is 357 g/mol. The number of aromatic nitrogens is 1. The molecule has 6 nitrogen and oxygen atoms in total. The van der Waals surface area contributed by atoms with E-state index in [-0.39, 0.29) is 11.7 Å². The number of hydrogen-bond donors (Lipinski definition) is 1. The number of nitrogens with zero attached hydrogens (tertiary/aromatic N) is 2. The monoisotopic (exact) mass is 357 g/mol. The fourth-order valence-corrected chi connectivity index (χ4v) is 3.39. The lowest BCUT2D eigenvalue weighted by Crippen LogP contribution is -2.42. The molecule has 0 radical (unpaired) electrons. The van der Waals surface area contributed by atoms with E-state index in [4.69, 9.17) is 10.5 Å². The molecule has 0 spiro atoms. The number of anilines is 1. The van der Waals surface area contributed by atoms with Crippen molar-refractivity contribution in [1.82, 2.24) is 9.47 Å². The molecule has 26 heavy (non-hydrogen) atoms. The third-order valence-electron chi connectivity index (χ3n) is 4.77. The summed E-state index contributed by atoms with van der Waals surface area (Å²) in [6.45, 7) is 7.60. The molecule has 0 unspecified atom stereocenters. The number of carbonyl (C=O) groups is 1. The van der Waals surface area contributed by atoms with Gasteiger partial charge in [0.25, 0.3) is 5.56 Å². The molecule has 3 rings (SSSR count). The molecule has 1 fully saturated rings. The molecule has 0 bridgehead atoms. The van der Waals surface area contributed by atoms with E-state index in [9.17, 15) is 9.59 Å². The molecule has 2 N–H and O–H groups in total. The Morgan fingerprint density at radius 3 is 2.54 bits per heavy atom. The highest BCUT2D eigenvalue weighted by Crippen LogP contribution is 2.22. The predicted molar refractivity (Wildman–Crippen MR) is 103 cm³/mol. The molecule has 1 aliphatic heterocycles. The van der Waals surface area contributed by atoms with Crippen LogP contribution in [0.5, 0.6) is 0 Å². The zero-order valence-corrected chi connectivity index (χ0v) is 15.7. The first-order valence-electron chi connectivity index (χ1n) is 9.10. The van der Waals surface area contributed by atoms with Gasteiger partial charge in [-0.2, -0.15) is 0 Å². The summed E-state index contributed by atoms with van der Waals surface area (Å²) in [7, 11) is 0. The second-order valence-corrected chi connectivity index (χ2v) is 7.99. The quantitative estimate of drug-likeness (QED) is 0.837. The molecule has 6 heteroatoms. The van der Waals surface area contributed by atoms with E-state index in [1.807, 2.05) is 45.2 Å². The minimum atomic E-state index is -0.478. The van der Waals surface area contributed by atoms with Crippen LogP contribution in [0.2, 0.25) is 0 Å². The van der Waals surface area contributed by atoms with E-state index in [1.165, 1.54) is 0 Å². The topological polar surface area (TPSA) is 77.6 Å². The maximum absolute atomic E-state index is 12.7. The molecule has 1 amide bonds. The van der Waals surface area contributed by atoms with Gasteiger partial charge in [-0.1, -0.05) is 6.07 Å². The Labute approximate surface area is 153 Å². The fourth-order valence-electron chi connectivity index (χ4n) is 3.39. The van der Waals surface area contributed by atoms with Crippen molar-refractivity contribution in [3.05, 3.63) is 40.8 Å². The molecule has 0 atom stereocenters. The van der Waals surface area contributed by atoms with E-state index in [0.29, 0.717) is 36.6 Å². The van der Waals surface area contributed by atoms with Gasteiger partial charge in [0.1, 0.15) is 5.60 Å². The first kappa shape index (κ1) is 18.3. The number of likely N-dealkylation sites (tertiary alicyclic amines) is 1. The molecular weight excluding hydrogens is 330 g/mol. The lowest BCUT2D eigenvalue weighted by atomic mass is 9.97. The average Bonchev–Trinajstić information content (AvgIpc) is 2.57. The van der Waals surface area contributed by atoms with Crippen LogP contribution in [-0.4, -0.2) is 34.3 Å². The first-order chi connectivity index (χ1) is 12.2. The molecule has 1 aliphatic rings. The number of pyridine rings is 1. The predicted octanol–water partition coefficient (Wildman–Crippen LogP) is 3.23. The number of nitrogens with two attached hydrogens (primary N) is 1. The summed E-state index contributed by atoms with van der Waals surface area (Å²) >= 11 is 0. The minimum Gasteiger partial charge on any atom is -0.444 e. The smallest absolute Gasteiger partial charge is 0.410 e. The van der Waals surface area contributed by atoms with Crippen LogP contribution in [0.4, 0.5) is 10.5 Å². The van der Waals surface area contributed by atoms with Crippen LogP contribution < -0.4 is 11.3 Å². The van der Waals surface area contributed by atoms with E-state index in [1.54, 1.807) is 15.5 Å². The number of benzene rings is 1.